The molecule has 2 aliphatic carbocycles. The van der Waals surface area contributed by atoms with Gasteiger partial charge < -0.3 is 5.32 Å². The second-order valence-electron chi connectivity index (χ2n) is 7.72. The second-order valence-corrected chi connectivity index (χ2v) is 7.72. The SMILES string of the molecule is CC(C)(C#N)CNC1C(C)(C)[C@H]2CC[C@]1(C)C2. The van der Waals surface area contributed by atoms with Gasteiger partial charge in [-0.25, -0.2) is 0 Å². The van der Waals surface area contributed by atoms with Gasteiger partial charge in [0.15, 0.2) is 0 Å². The van der Waals surface area contributed by atoms with Crippen LogP contribution in [-0.4, -0.2) is 12.6 Å². The lowest BCUT2D eigenvalue weighted by molar-refractivity contribution is 0.103. The van der Waals surface area contributed by atoms with Crippen LogP contribution in [0, 0.1) is 33.5 Å². The van der Waals surface area contributed by atoms with Gasteiger partial charge in [-0.05, 0) is 49.9 Å². The van der Waals surface area contributed by atoms with Crippen molar-refractivity contribution in [1.29, 1.82) is 5.26 Å². The summed E-state index contributed by atoms with van der Waals surface area (Å²) in [5.74, 6) is 0.871. The van der Waals surface area contributed by atoms with Crippen molar-refractivity contribution in [3.63, 3.8) is 0 Å². The molecule has 0 radical (unpaired) electrons. The number of nitrogens with one attached hydrogen (secondary N) is 1. The Bertz CT molecular complexity index is 346. The quantitative estimate of drug-likeness (QED) is 0.813. The van der Waals surface area contributed by atoms with Crippen molar-refractivity contribution in [2.45, 2.75) is 59.9 Å². The lowest BCUT2D eigenvalue weighted by Gasteiger charge is -2.44. The van der Waals surface area contributed by atoms with Crippen LogP contribution in [0.15, 0.2) is 0 Å². The van der Waals surface area contributed by atoms with Gasteiger partial charge in [-0.2, -0.15) is 5.26 Å². The average Bonchev–Trinajstić information content (AvgIpc) is 2.68. The highest BCUT2D eigenvalue weighted by Gasteiger charge is 2.59. The van der Waals surface area contributed by atoms with E-state index in [2.05, 4.69) is 32.2 Å². The molecule has 1 unspecified atom stereocenters. The number of nitriles is 1. The van der Waals surface area contributed by atoms with Crippen LogP contribution in [-0.2, 0) is 0 Å². The first-order chi connectivity index (χ1) is 7.71. The standard InChI is InChI=1S/C15H26N2/c1-13(2,9-16)10-17-12-14(3,4)11-6-7-15(12,5)8-11/h11-12,17H,6-8,10H2,1-5H3/t11-,12?,15+/m0/s1. The Labute approximate surface area is 106 Å². The molecule has 0 heterocycles. The Hall–Kier alpha value is -0.550. The van der Waals surface area contributed by atoms with Crippen LogP contribution in [0.3, 0.4) is 0 Å². The largest absolute Gasteiger partial charge is 0.311 e. The van der Waals surface area contributed by atoms with E-state index >= 15 is 0 Å². The van der Waals surface area contributed by atoms with E-state index in [0.717, 1.165) is 12.5 Å². The lowest BCUT2D eigenvalue weighted by atomic mass is 9.68. The molecular weight excluding hydrogens is 208 g/mol. The monoisotopic (exact) mass is 234 g/mol. The Kier molecular flexibility index (Phi) is 2.82. The fraction of sp³-hybridized carbons (Fsp3) is 0.933. The molecule has 2 nitrogen and oxygen atoms in total. The third kappa shape index (κ3) is 1.99. The normalized spacial score (nSPS) is 39.3. The lowest BCUT2D eigenvalue weighted by Crippen LogP contribution is -2.52. The van der Waals surface area contributed by atoms with Crippen LogP contribution in [0.1, 0.15) is 53.9 Å². The van der Waals surface area contributed by atoms with Gasteiger partial charge in [0.05, 0.1) is 11.5 Å². The number of fused-ring (bicyclic) bond motifs is 2. The van der Waals surface area contributed by atoms with Crippen LogP contribution in [0.2, 0.25) is 0 Å². The van der Waals surface area contributed by atoms with Crippen molar-refractivity contribution in [3.05, 3.63) is 0 Å². The smallest absolute Gasteiger partial charge is 0.0697 e. The first-order valence-corrected chi connectivity index (χ1v) is 6.86. The van der Waals surface area contributed by atoms with Gasteiger partial charge >= 0.3 is 0 Å². The van der Waals surface area contributed by atoms with E-state index in [0.29, 0.717) is 16.9 Å². The summed E-state index contributed by atoms with van der Waals surface area (Å²) in [6, 6.07) is 2.96. The summed E-state index contributed by atoms with van der Waals surface area (Å²) < 4.78 is 0. The van der Waals surface area contributed by atoms with Gasteiger partial charge in [-0.15, -0.1) is 0 Å². The maximum atomic E-state index is 9.10. The fourth-order valence-electron chi connectivity index (χ4n) is 4.21. The molecule has 3 atom stereocenters. The summed E-state index contributed by atoms with van der Waals surface area (Å²) in [7, 11) is 0. The predicted molar refractivity (Wildman–Crippen MR) is 70.4 cm³/mol. The second kappa shape index (κ2) is 3.72. The van der Waals surface area contributed by atoms with Crippen LogP contribution in [0.25, 0.3) is 0 Å². The molecule has 0 amide bonds. The molecule has 0 spiro atoms. The molecule has 0 saturated heterocycles. The van der Waals surface area contributed by atoms with E-state index in [-0.39, 0.29) is 5.41 Å². The van der Waals surface area contributed by atoms with Crippen LogP contribution >= 0.6 is 0 Å². The number of hydrogen-bond acceptors (Lipinski definition) is 2. The minimum Gasteiger partial charge on any atom is -0.311 e. The summed E-state index contributed by atoms with van der Waals surface area (Å²) >= 11 is 0. The third-order valence-electron chi connectivity index (χ3n) is 5.32. The van der Waals surface area contributed by atoms with Gasteiger partial charge in [-0.1, -0.05) is 20.8 Å². The third-order valence-corrected chi connectivity index (χ3v) is 5.32. The number of nitrogens with zero attached hydrogens (tertiary/aromatic N) is 1. The van der Waals surface area contributed by atoms with E-state index in [1.807, 2.05) is 13.8 Å². The Balaban J connectivity index is 2.09. The van der Waals surface area contributed by atoms with Gasteiger partial charge in [0.25, 0.3) is 0 Å². The highest BCUT2D eigenvalue weighted by atomic mass is 15.0. The van der Waals surface area contributed by atoms with Crippen molar-refractivity contribution < 1.29 is 0 Å². The zero-order valence-corrected chi connectivity index (χ0v) is 11.9. The van der Waals surface area contributed by atoms with E-state index < -0.39 is 0 Å². The summed E-state index contributed by atoms with van der Waals surface area (Å²) in [4.78, 5) is 0. The highest BCUT2D eigenvalue weighted by Crippen LogP contribution is 2.62. The van der Waals surface area contributed by atoms with Crippen molar-refractivity contribution in [2.24, 2.45) is 22.2 Å². The molecule has 2 fully saturated rings. The maximum Gasteiger partial charge on any atom is 0.0697 e. The first-order valence-electron chi connectivity index (χ1n) is 6.86. The molecule has 1 N–H and O–H groups in total. The summed E-state index contributed by atoms with van der Waals surface area (Å²) in [5, 5.41) is 12.8. The van der Waals surface area contributed by atoms with E-state index in [4.69, 9.17) is 5.26 Å². The molecule has 2 heteroatoms. The van der Waals surface area contributed by atoms with Gasteiger partial charge in [0.1, 0.15) is 0 Å². The molecule has 17 heavy (non-hydrogen) atoms. The minimum absolute atomic E-state index is 0.256. The van der Waals surface area contributed by atoms with Crippen LogP contribution in [0.5, 0.6) is 0 Å². The Morgan fingerprint density at radius 2 is 2.00 bits per heavy atom. The van der Waals surface area contributed by atoms with Crippen molar-refractivity contribution in [1.82, 2.24) is 5.32 Å². The average molecular weight is 234 g/mol. The summed E-state index contributed by atoms with van der Waals surface area (Å²) in [5.41, 5.74) is 0.590. The number of hydrogen-bond donors (Lipinski definition) is 1. The topological polar surface area (TPSA) is 35.8 Å². The number of rotatable bonds is 3. The van der Waals surface area contributed by atoms with E-state index in [9.17, 15) is 0 Å². The van der Waals surface area contributed by atoms with Crippen LogP contribution in [0.4, 0.5) is 0 Å². The minimum atomic E-state index is -0.256. The molecule has 2 aliphatic rings. The maximum absolute atomic E-state index is 9.10. The molecular formula is C15H26N2. The summed E-state index contributed by atoms with van der Waals surface area (Å²) in [6.45, 7) is 12.1. The Morgan fingerprint density at radius 3 is 2.47 bits per heavy atom. The zero-order valence-electron chi connectivity index (χ0n) is 11.9. The van der Waals surface area contributed by atoms with E-state index in [1.54, 1.807) is 0 Å². The molecule has 2 bridgehead atoms. The Morgan fingerprint density at radius 1 is 1.35 bits per heavy atom. The van der Waals surface area contributed by atoms with E-state index in [1.165, 1.54) is 19.3 Å². The van der Waals surface area contributed by atoms with Crippen molar-refractivity contribution in [3.8, 4) is 6.07 Å². The van der Waals surface area contributed by atoms with Crippen molar-refractivity contribution in [2.75, 3.05) is 6.54 Å². The van der Waals surface area contributed by atoms with Crippen molar-refractivity contribution >= 4 is 0 Å². The van der Waals surface area contributed by atoms with Crippen LogP contribution < -0.4 is 5.32 Å². The molecule has 0 aromatic carbocycles. The zero-order chi connectivity index (χ0) is 12.9. The summed E-state index contributed by atoms with van der Waals surface area (Å²) in [6.07, 6.45) is 4.11. The van der Waals surface area contributed by atoms with Gasteiger partial charge in [-0.3, -0.25) is 0 Å². The molecule has 96 valence electrons. The molecule has 2 saturated carbocycles. The molecule has 0 aromatic rings. The first kappa shape index (κ1) is 12.9. The molecule has 0 aromatic heterocycles. The highest BCUT2D eigenvalue weighted by molar-refractivity contribution is 5.12. The fourth-order valence-corrected chi connectivity index (χ4v) is 4.21. The molecule has 2 rings (SSSR count). The van der Waals surface area contributed by atoms with Gasteiger partial charge in [0.2, 0.25) is 0 Å². The van der Waals surface area contributed by atoms with Gasteiger partial charge in [0, 0.05) is 12.6 Å². The predicted octanol–water partition coefficient (Wildman–Crippen LogP) is 3.34. The molecule has 0 aliphatic heterocycles.